The van der Waals surface area contributed by atoms with Gasteiger partial charge in [-0.15, -0.1) is 0 Å². The molecule has 1 atom stereocenters. The number of pyridine rings is 1. The first-order chi connectivity index (χ1) is 8.69. The van der Waals surface area contributed by atoms with Crippen LogP contribution in [-0.4, -0.2) is 10.1 Å². The fraction of sp³-hybridized carbons (Fsp3) is 0.214. The number of nitrogens with zero attached hydrogens (tertiary/aromatic N) is 1. The molecule has 2 rings (SSSR count). The zero-order valence-electron chi connectivity index (χ0n) is 10.1. The summed E-state index contributed by atoms with van der Waals surface area (Å²) in [7, 11) is 0. The van der Waals surface area contributed by atoms with Crippen molar-refractivity contribution in [2.45, 2.75) is 19.6 Å². The normalized spacial score (nSPS) is 12.2. The Labute approximate surface area is 105 Å². The Morgan fingerprint density at radius 2 is 2.00 bits per heavy atom. The maximum absolute atomic E-state index is 13.0. The van der Waals surface area contributed by atoms with Gasteiger partial charge in [0.05, 0.1) is 18.8 Å². The van der Waals surface area contributed by atoms with Crippen molar-refractivity contribution in [1.82, 2.24) is 4.98 Å². The minimum absolute atomic E-state index is 0.0314. The molecule has 3 nitrogen and oxygen atoms in total. The van der Waals surface area contributed by atoms with Gasteiger partial charge < -0.3 is 10.4 Å². The highest BCUT2D eigenvalue weighted by atomic mass is 19.1. The predicted octanol–water partition coefficient (Wildman–Crippen LogP) is 2.89. The van der Waals surface area contributed by atoms with Gasteiger partial charge in [0.1, 0.15) is 5.82 Å². The summed E-state index contributed by atoms with van der Waals surface area (Å²) < 4.78 is 13.0. The second kappa shape index (κ2) is 5.60. The second-order valence-electron chi connectivity index (χ2n) is 4.16. The second-order valence-corrected chi connectivity index (χ2v) is 4.16. The molecule has 94 valence electrons. The summed E-state index contributed by atoms with van der Waals surface area (Å²) >= 11 is 0. The number of aliphatic hydroxyl groups excluding tert-OH is 1. The summed E-state index contributed by atoms with van der Waals surface area (Å²) in [5.74, 6) is -0.336. The van der Waals surface area contributed by atoms with Crippen LogP contribution in [0.25, 0.3) is 0 Å². The van der Waals surface area contributed by atoms with Gasteiger partial charge in [-0.3, -0.25) is 4.98 Å². The molecule has 0 aliphatic rings. The molecule has 4 heteroatoms. The molecule has 1 aromatic carbocycles. The van der Waals surface area contributed by atoms with Crippen LogP contribution in [0.3, 0.4) is 0 Å². The van der Waals surface area contributed by atoms with E-state index in [-0.39, 0.29) is 18.5 Å². The van der Waals surface area contributed by atoms with Gasteiger partial charge in [0.25, 0.3) is 0 Å². The van der Waals surface area contributed by atoms with Gasteiger partial charge in [0.15, 0.2) is 0 Å². The standard InChI is InChI=1S/C14H15FN2O/c1-10(12-6-13(15)8-16-7-12)17-14-4-2-11(9-18)3-5-14/h2-8,10,17-18H,9H2,1H3. The zero-order valence-corrected chi connectivity index (χ0v) is 10.1. The molecular weight excluding hydrogens is 231 g/mol. The molecule has 2 aromatic rings. The number of nitrogens with one attached hydrogen (secondary N) is 1. The van der Waals surface area contributed by atoms with Crippen LogP contribution in [0.1, 0.15) is 24.1 Å². The number of aliphatic hydroxyl groups is 1. The Kier molecular flexibility index (Phi) is 3.89. The Bertz CT molecular complexity index is 513. The topological polar surface area (TPSA) is 45.1 Å². The quantitative estimate of drug-likeness (QED) is 0.872. The van der Waals surface area contributed by atoms with E-state index in [1.807, 2.05) is 31.2 Å². The summed E-state index contributed by atoms with van der Waals surface area (Å²) in [5, 5.41) is 12.2. The van der Waals surface area contributed by atoms with Crippen molar-refractivity contribution >= 4 is 5.69 Å². The van der Waals surface area contributed by atoms with Gasteiger partial charge in [-0.2, -0.15) is 0 Å². The molecule has 18 heavy (non-hydrogen) atoms. The molecule has 1 unspecified atom stereocenters. The summed E-state index contributed by atoms with van der Waals surface area (Å²) in [6.07, 6.45) is 2.83. The van der Waals surface area contributed by atoms with Crippen molar-refractivity contribution in [1.29, 1.82) is 0 Å². The molecule has 0 amide bonds. The Balaban J connectivity index is 2.08. The lowest BCUT2D eigenvalue weighted by Crippen LogP contribution is -2.07. The van der Waals surface area contributed by atoms with E-state index in [9.17, 15) is 4.39 Å². The van der Waals surface area contributed by atoms with Crippen LogP contribution in [0.4, 0.5) is 10.1 Å². The summed E-state index contributed by atoms with van der Waals surface area (Å²) in [5.41, 5.74) is 2.57. The van der Waals surface area contributed by atoms with E-state index >= 15 is 0 Å². The maximum atomic E-state index is 13.0. The SMILES string of the molecule is CC(Nc1ccc(CO)cc1)c1cncc(F)c1. The fourth-order valence-corrected chi connectivity index (χ4v) is 1.70. The van der Waals surface area contributed by atoms with Crippen molar-refractivity contribution in [2.75, 3.05) is 5.32 Å². The van der Waals surface area contributed by atoms with Crippen LogP contribution < -0.4 is 5.32 Å². The van der Waals surface area contributed by atoms with Gasteiger partial charge in [-0.05, 0) is 36.2 Å². The first-order valence-electron chi connectivity index (χ1n) is 5.76. The molecule has 0 saturated carbocycles. The Morgan fingerprint density at radius 3 is 2.61 bits per heavy atom. The molecule has 0 aliphatic heterocycles. The average Bonchev–Trinajstić information content (AvgIpc) is 2.39. The zero-order chi connectivity index (χ0) is 13.0. The monoisotopic (exact) mass is 246 g/mol. The first kappa shape index (κ1) is 12.5. The van der Waals surface area contributed by atoms with E-state index < -0.39 is 0 Å². The van der Waals surface area contributed by atoms with E-state index in [1.165, 1.54) is 12.3 Å². The highest BCUT2D eigenvalue weighted by molar-refractivity contribution is 5.46. The lowest BCUT2D eigenvalue weighted by Gasteiger charge is -2.15. The largest absolute Gasteiger partial charge is 0.392 e. The third-order valence-electron chi connectivity index (χ3n) is 2.75. The lowest BCUT2D eigenvalue weighted by atomic mass is 10.1. The Hall–Kier alpha value is -1.94. The molecule has 2 N–H and O–H groups in total. The molecule has 0 bridgehead atoms. The van der Waals surface area contributed by atoms with Crippen LogP contribution >= 0.6 is 0 Å². The van der Waals surface area contributed by atoms with Crippen LogP contribution in [0.2, 0.25) is 0 Å². The lowest BCUT2D eigenvalue weighted by molar-refractivity contribution is 0.282. The summed E-state index contributed by atoms with van der Waals surface area (Å²) in [6.45, 7) is 1.97. The van der Waals surface area contributed by atoms with E-state index in [0.29, 0.717) is 0 Å². The molecule has 0 spiro atoms. The van der Waals surface area contributed by atoms with Crippen LogP contribution in [0, 0.1) is 5.82 Å². The summed E-state index contributed by atoms with van der Waals surface area (Å²) in [6, 6.07) is 8.89. The third-order valence-corrected chi connectivity index (χ3v) is 2.75. The third kappa shape index (κ3) is 3.05. The molecule has 0 aliphatic carbocycles. The van der Waals surface area contributed by atoms with Gasteiger partial charge in [0, 0.05) is 11.9 Å². The van der Waals surface area contributed by atoms with E-state index in [4.69, 9.17) is 5.11 Å². The van der Waals surface area contributed by atoms with E-state index in [1.54, 1.807) is 6.20 Å². The van der Waals surface area contributed by atoms with Gasteiger partial charge in [-0.1, -0.05) is 12.1 Å². The number of hydrogen-bond donors (Lipinski definition) is 2. The maximum Gasteiger partial charge on any atom is 0.141 e. The van der Waals surface area contributed by atoms with Crippen molar-refractivity contribution in [2.24, 2.45) is 0 Å². The van der Waals surface area contributed by atoms with Crippen LogP contribution in [0.15, 0.2) is 42.7 Å². The summed E-state index contributed by atoms with van der Waals surface area (Å²) in [4.78, 5) is 3.83. The van der Waals surface area contributed by atoms with E-state index in [0.717, 1.165) is 16.8 Å². The van der Waals surface area contributed by atoms with Crippen molar-refractivity contribution < 1.29 is 9.50 Å². The van der Waals surface area contributed by atoms with Crippen molar-refractivity contribution in [3.8, 4) is 0 Å². The van der Waals surface area contributed by atoms with Gasteiger partial charge in [-0.25, -0.2) is 4.39 Å². The van der Waals surface area contributed by atoms with Gasteiger partial charge >= 0.3 is 0 Å². The number of rotatable bonds is 4. The van der Waals surface area contributed by atoms with Crippen molar-refractivity contribution in [3.63, 3.8) is 0 Å². The molecule has 0 radical (unpaired) electrons. The highest BCUT2D eigenvalue weighted by Crippen LogP contribution is 2.19. The number of anilines is 1. The molecule has 0 saturated heterocycles. The first-order valence-corrected chi connectivity index (χ1v) is 5.76. The highest BCUT2D eigenvalue weighted by Gasteiger charge is 2.06. The van der Waals surface area contributed by atoms with Crippen LogP contribution in [-0.2, 0) is 6.61 Å². The fourth-order valence-electron chi connectivity index (χ4n) is 1.70. The molecular formula is C14H15FN2O. The van der Waals surface area contributed by atoms with Gasteiger partial charge in [0.2, 0.25) is 0 Å². The Morgan fingerprint density at radius 1 is 1.28 bits per heavy atom. The minimum atomic E-state index is -0.336. The van der Waals surface area contributed by atoms with Crippen LogP contribution in [0.5, 0.6) is 0 Å². The van der Waals surface area contributed by atoms with E-state index in [2.05, 4.69) is 10.3 Å². The number of aromatic nitrogens is 1. The van der Waals surface area contributed by atoms with Crippen molar-refractivity contribution in [3.05, 3.63) is 59.7 Å². The molecule has 0 fully saturated rings. The average molecular weight is 246 g/mol. The number of benzene rings is 1. The number of halogens is 1. The smallest absolute Gasteiger partial charge is 0.141 e. The minimum Gasteiger partial charge on any atom is -0.392 e. The molecule has 1 aromatic heterocycles. The number of hydrogen-bond acceptors (Lipinski definition) is 3. The molecule has 1 heterocycles. The predicted molar refractivity (Wildman–Crippen MR) is 68.6 cm³/mol.